The second kappa shape index (κ2) is 8.69. The maximum Gasteiger partial charge on any atom is 0.237 e. The van der Waals surface area contributed by atoms with Gasteiger partial charge in [-0.25, -0.2) is 0 Å². The molecular weight excluding hydrogens is 388 g/mol. The highest BCUT2D eigenvalue weighted by atomic mass is 32.2. The minimum atomic E-state index is -0.353. The second-order valence-electron chi connectivity index (χ2n) is 6.67. The zero-order valence-corrected chi connectivity index (χ0v) is 18.4. The summed E-state index contributed by atoms with van der Waals surface area (Å²) in [4.78, 5) is 12.8. The lowest BCUT2D eigenvalue weighted by molar-refractivity contribution is -0.115. The number of carbonyl (C=O) groups excluding carboxylic acids is 1. The minimum absolute atomic E-state index is 0.0984. The first-order chi connectivity index (χ1) is 13.9. The highest BCUT2D eigenvalue weighted by Gasteiger charge is 2.23. The normalized spacial score (nSPS) is 12.1. The molecule has 29 heavy (non-hydrogen) atoms. The molecule has 1 amide bonds. The van der Waals surface area contributed by atoms with Gasteiger partial charge in [0.2, 0.25) is 5.91 Å². The van der Waals surface area contributed by atoms with E-state index in [2.05, 4.69) is 20.6 Å². The molecule has 2 aromatic heterocycles. The van der Waals surface area contributed by atoms with Gasteiger partial charge in [-0.15, -0.1) is 10.2 Å². The average Bonchev–Trinajstić information content (AvgIpc) is 3.22. The molecule has 154 valence electrons. The molecule has 0 radical (unpaired) electrons. The van der Waals surface area contributed by atoms with Crippen LogP contribution in [-0.4, -0.2) is 42.8 Å². The molecule has 0 spiro atoms. The number of nitrogens with one attached hydrogen (secondary N) is 1. The summed E-state index contributed by atoms with van der Waals surface area (Å²) in [7, 11) is 3.50. The Bertz CT molecular complexity index is 1030. The SMILES string of the molecule is CCn1c(SC(C)C(=O)Nc2c(C)nn(C)c2C)nnc1-c1ccccc1OC. The van der Waals surface area contributed by atoms with E-state index in [1.165, 1.54) is 11.8 Å². The molecule has 1 N–H and O–H groups in total. The molecule has 3 aromatic rings. The van der Waals surface area contributed by atoms with E-state index in [-0.39, 0.29) is 11.2 Å². The van der Waals surface area contributed by atoms with E-state index in [1.807, 2.05) is 63.6 Å². The van der Waals surface area contributed by atoms with E-state index in [1.54, 1.807) is 11.8 Å². The minimum Gasteiger partial charge on any atom is -0.496 e. The summed E-state index contributed by atoms with van der Waals surface area (Å²) in [5.41, 5.74) is 3.35. The smallest absolute Gasteiger partial charge is 0.237 e. The number of rotatable bonds is 7. The Morgan fingerprint density at radius 2 is 2.00 bits per heavy atom. The van der Waals surface area contributed by atoms with Gasteiger partial charge >= 0.3 is 0 Å². The number of hydrogen-bond donors (Lipinski definition) is 1. The van der Waals surface area contributed by atoms with Crippen LogP contribution in [0.1, 0.15) is 25.2 Å². The van der Waals surface area contributed by atoms with E-state index in [4.69, 9.17) is 4.74 Å². The Labute approximate surface area is 174 Å². The van der Waals surface area contributed by atoms with Crippen molar-refractivity contribution >= 4 is 23.4 Å². The summed E-state index contributed by atoms with van der Waals surface area (Å²) in [6.45, 7) is 8.38. The molecule has 0 bridgehead atoms. The van der Waals surface area contributed by atoms with Crippen molar-refractivity contribution in [2.45, 2.75) is 44.6 Å². The summed E-state index contributed by atoms with van der Waals surface area (Å²) in [5.74, 6) is 1.36. The zero-order chi connectivity index (χ0) is 21.1. The molecule has 0 aliphatic carbocycles. The summed E-state index contributed by atoms with van der Waals surface area (Å²) in [5, 5.41) is 16.4. The Morgan fingerprint density at radius 1 is 1.28 bits per heavy atom. The van der Waals surface area contributed by atoms with Crippen LogP contribution in [0, 0.1) is 13.8 Å². The fourth-order valence-electron chi connectivity index (χ4n) is 3.08. The number of nitrogens with zero attached hydrogens (tertiary/aromatic N) is 5. The molecular formula is C20H26N6O2S. The predicted octanol–water partition coefficient (Wildman–Crippen LogP) is 3.44. The van der Waals surface area contributed by atoms with Gasteiger partial charge < -0.3 is 14.6 Å². The number of anilines is 1. The van der Waals surface area contributed by atoms with Crippen LogP contribution in [0.15, 0.2) is 29.4 Å². The third kappa shape index (κ3) is 4.14. The predicted molar refractivity (Wildman–Crippen MR) is 114 cm³/mol. The van der Waals surface area contributed by atoms with Crippen LogP contribution in [0.2, 0.25) is 0 Å². The van der Waals surface area contributed by atoms with Crippen LogP contribution >= 0.6 is 11.8 Å². The van der Waals surface area contributed by atoms with Crippen LogP contribution < -0.4 is 10.1 Å². The zero-order valence-electron chi connectivity index (χ0n) is 17.6. The van der Waals surface area contributed by atoms with Crippen molar-refractivity contribution in [3.63, 3.8) is 0 Å². The van der Waals surface area contributed by atoms with Crippen LogP contribution in [0.5, 0.6) is 5.75 Å². The fraction of sp³-hybridized carbons (Fsp3) is 0.400. The first-order valence-electron chi connectivity index (χ1n) is 9.41. The van der Waals surface area contributed by atoms with E-state index in [9.17, 15) is 4.79 Å². The number of para-hydroxylation sites is 1. The van der Waals surface area contributed by atoms with E-state index in [0.29, 0.717) is 11.7 Å². The number of hydrogen-bond acceptors (Lipinski definition) is 6. The Balaban J connectivity index is 1.81. The number of thioether (sulfide) groups is 1. The van der Waals surface area contributed by atoms with Crippen molar-refractivity contribution in [3.05, 3.63) is 35.7 Å². The summed E-state index contributed by atoms with van der Waals surface area (Å²) < 4.78 is 9.21. The number of ether oxygens (including phenoxy) is 1. The third-order valence-corrected chi connectivity index (χ3v) is 5.87. The number of amides is 1. The molecule has 2 heterocycles. The first kappa shape index (κ1) is 20.9. The molecule has 0 aliphatic heterocycles. The molecule has 1 unspecified atom stereocenters. The lowest BCUT2D eigenvalue weighted by Crippen LogP contribution is -2.23. The Morgan fingerprint density at radius 3 is 2.62 bits per heavy atom. The molecule has 9 heteroatoms. The standard InChI is InChI=1S/C20H26N6O2S/c1-7-26-18(15-10-8-9-11-16(15)28-6)22-23-20(26)29-14(4)19(27)21-17-12(2)24-25(5)13(17)3/h8-11,14H,7H2,1-6H3,(H,21,27). The molecule has 3 rings (SSSR count). The molecule has 1 aromatic carbocycles. The van der Waals surface area contributed by atoms with Gasteiger partial charge in [-0.3, -0.25) is 9.48 Å². The van der Waals surface area contributed by atoms with E-state index >= 15 is 0 Å². The molecule has 1 atom stereocenters. The number of methoxy groups -OCH3 is 1. The van der Waals surface area contributed by atoms with E-state index in [0.717, 1.165) is 34.2 Å². The van der Waals surface area contributed by atoms with Crippen molar-refractivity contribution in [1.29, 1.82) is 0 Å². The molecule has 8 nitrogen and oxygen atoms in total. The van der Waals surface area contributed by atoms with Crippen molar-refractivity contribution in [3.8, 4) is 17.1 Å². The van der Waals surface area contributed by atoms with Gasteiger partial charge in [-0.05, 0) is 39.8 Å². The van der Waals surface area contributed by atoms with Crippen LogP contribution in [0.25, 0.3) is 11.4 Å². The molecule has 0 fully saturated rings. The Hall–Kier alpha value is -2.81. The number of aromatic nitrogens is 5. The van der Waals surface area contributed by atoms with Gasteiger partial charge in [0.05, 0.1) is 35.0 Å². The summed E-state index contributed by atoms with van der Waals surface area (Å²) in [6.07, 6.45) is 0. The topological polar surface area (TPSA) is 86.9 Å². The number of carbonyl (C=O) groups is 1. The summed E-state index contributed by atoms with van der Waals surface area (Å²) in [6, 6.07) is 7.70. The number of benzene rings is 1. The van der Waals surface area contributed by atoms with Crippen molar-refractivity contribution < 1.29 is 9.53 Å². The van der Waals surface area contributed by atoms with Crippen LogP contribution in [-0.2, 0) is 18.4 Å². The Kier molecular flexibility index (Phi) is 6.26. The van der Waals surface area contributed by atoms with Gasteiger partial charge in [0.1, 0.15) is 5.75 Å². The van der Waals surface area contributed by atoms with Crippen LogP contribution in [0.4, 0.5) is 5.69 Å². The van der Waals surface area contributed by atoms with Gasteiger partial charge in [-0.2, -0.15) is 5.10 Å². The quantitative estimate of drug-likeness (QED) is 0.596. The average molecular weight is 415 g/mol. The van der Waals surface area contributed by atoms with E-state index < -0.39 is 0 Å². The number of aryl methyl sites for hydroxylation is 2. The van der Waals surface area contributed by atoms with Gasteiger partial charge in [0.25, 0.3) is 0 Å². The van der Waals surface area contributed by atoms with Crippen molar-refractivity contribution in [2.75, 3.05) is 12.4 Å². The maximum atomic E-state index is 12.8. The fourth-order valence-corrected chi connectivity index (χ4v) is 3.99. The third-order valence-electron chi connectivity index (χ3n) is 4.79. The van der Waals surface area contributed by atoms with Crippen LogP contribution in [0.3, 0.4) is 0 Å². The van der Waals surface area contributed by atoms with Crippen molar-refractivity contribution in [2.24, 2.45) is 7.05 Å². The van der Waals surface area contributed by atoms with Gasteiger partial charge in [0.15, 0.2) is 11.0 Å². The first-order valence-corrected chi connectivity index (χ1v) is 10.3. The molecule has 0 aliphatic rings. The maximum absolute atomic E-state index is 12.8. The lowest BCUT2D eigenvalue weighted by atomic mass is 10.2. The molecule has 0 saturated heterocycles. The summed E-state index contributed by atoms with van der Waals surface area (Å²) >= 11 is 1.38. The largest absolute Gasteiger partial charge is 0.496 e. The molecule has 0 saturated carbocycles. The van der Waals surface area contributed by atoms with Gasteiger partial charge in [-0.1, -0.05) is 23.9 Å². The monoisotopic (exact) mass is 414 g/mol. The second-order valence-corrected chi connectivity index (χ2v) is 7.98. The highest BCUT2D eigenvalue weighted by Crippen LogP contribution is 2.32. The highest BCUT2D eigenvalue weighted by molar-refractivity contribution is 8.00. The van der Waals surface area contributed by atoms with Gasteiger partial charge in [0, 0.05) is 13.6 Å². The lowest BCUT2D eigenvalue weighted by Gasteiger charge is -2.13. The van der Waals surface area contributed by atoms with Crippen molar-refractivity contribution in [1.82, 2.24) is 24.5 Å².